The van der Waals surface area contributed by atoms with Crippen molar-refractivity contribution in [3.8, 4) is 28.7 Å². The predicted molar refractivity (Wildman–Crippen MR) is 242 cm³/mol. The van der Waals surface area contributed by atoms with Crippen LogP contribution in [0.5, 0.6) is 0 Å². The molecule has 3 aromatic heterocycles. The van der Waals surface area contributed by atoms with Gasteiger partial charge in [-0.15, -0.1) is 0 Å². The smallest absolute Gasteiger partial charge is 0.238 e. The summed E-state index contributed by atoms with van der Waals surface area (Å²) in [5.74, 6) is 1.69. The lowest BCUT2D eigenvalue weighted by molar-refractivity contribution is 0.669. The van der Waals surface area contributed by atoms with Gasteiger partial charge in [0, 0.05) is 49.7 Å². The molecule has 0 amide bonds. The van der Waals surface area contributed by atoms with Gasteiger partial charge in [-0.1, -0.05) is 140 Å². The van der Waals surface area contributed by atoms with Gasteiger partial charge in [0.2, 0.25) is 5.95 Å². The molecule has 276 valence electrons. The maximum absolute atomic E-state index is 6.51. The van der Waals surface area contributed by atoms with Crippen LogP contribution in [0, 0.1) is 0 Å². The van der Waals surface area contributed by atoms with Crippen LogP contribution >= 0.6 is 0 Å². The summed E-state index contributed by atoms with van der Waals surface area (Å²) >= 11 is 0. The molecule has 12 aromatic rings. The molecule has 0 unspecified atom stereocenters. The van der Waals surface area contributed by atoms with Gasteiger partial charge in [0.15, 0.2) is 11.6 Å². The van der Waals surface area contributed by atoms with E-state index in [0.717, 1.165) is 88.1 Å². The summed E-state index contributed by atoms with van der Waals surface area (Å²) in [5, 5.41) is 8.87. The van der Waals surface area contributed by atoms with Gasteiger partial charge in [-0.05, 0) is 82.2 Å². The summed E-state index contributed by atoms with van der Waals surface area (Å²) in [7, 11) is 0. The summed E-state index contributed by atoms with van der Waals surface area (Å²) in [6.45, 7) is 0. The second-order valence-electron chi connectivity index (χ2n) is 14.8. The van der Waals surface area contributed by atoms with Crippen molar-refractivity contribution in [2.75, 3.05) is 4.90 Å². The number of benzene rings is 9. The van der Waals surface area contributed by atoms with Crippen LogP contribution in [0.3, 0.4) is 0 Å². The highest BCUT2D eigenvalue weighted by molar-refractivity contribution is 6.23. The van der Waals surface area contributed by atoms with E-state index in [2.05, 4.69) is 179 Å². The normalized spacial score (nSPS) is 11.7. The Morgan fingerprint density at radius 2 is 1.00 bits per heavy atom. The van der Waals surface area contributed by atoms with Gasteiger partial charge in [-0.3, -0.25) is 4.57 Å². The minimum atomic E-state index is 0.536. The molecule has 0 saturated heterocycles. The Balaban J connectivity index is 1.16. The van der Waals surface area contributed by atoms with Gasteiger partial charge in [0.1, 0.15) is 11.2 Å². The first-order valence-corrected chi connectivity index (χ1v) is 19.8. The van der Waals surface area contributed by atoms with Crippen molar-refractivity contribution in [3.05, 3.63) is 200 Å². The molecular formula is C53H33N5O. The maximum Gasteiger partial charge on any atom is 0.238 e. The maximum atomic E-state index is 6.51. The Morgan fingerprint density at radius 1 is 0.390 bits per heavy atom. The molecule has 0 radical (unpaired) electrons. The molecule has 6 heteroatoms. The van der Waals surface area contributed by atoms with Crippen molar-refractivity contribution in [2.24, 2.45) is 0 Å². The van der Waals surface area contributed by atoms with Gasteiger partial charge in [-0.25, -0.2) is 4.98 Å². The third kappa shape index (κ3) is 5.31. The molecule has 0 spiro atoms. The molecule has 0 atom stereocenters. The van der Waals surface area contributed by atoms with Gasteiger partial charge in [0.25, 0.3) is 0 Å². The minimum Gasteiger partial charge on any atom is -0.456 e. The highest BCUT2D eigenvalue weighted by atomic mass is 16.3. The van der Waals surface area contributed by atoms with E-state index in [0.29, 0.717) is 17.6 Å². The first-order valence-electron chi connectivity index (χ1n) is 19.8. The van der Waals surface area contributed by atoms with Crippen LogP contribution in [-0.2, 0) is 0 Å². The summed E-state index contributed by atoms with van der Waals surface area (Å²) in [6.07, 6.45) is 0. The van der Waals surface area contributed by atoms with E-state index >= 15 is 0 Å². The zero-order valence-electron chi connectivity index (χ0n) is 31.7. The van der Waals surface area contributed by atoms with Gasteiger partial charge < -0.3 is 9.32 Å². The summed E-state index contributed by atoms with van der Waals surface area (Å²) < 4.78 is 8.71. The largest absolute Gasteiger partial charge is 0.456 e. The molecule has 0 aliphatic heterocycles. The number of para-hydroxylation sites is 3. The van der Waals surface area contributed by atoms with Crippen molar-refractivity contribution in [1.29, 1.82) is 0 Å². The highest BCUT2D eigenvalue weighted by Crippen LogP contribution is 2.43. The fourth-order valence-electron chi connectivity index (χ4n) is 8.81. The van der Waals surface area contributed by atoms with Crippen LogP contribution < -0.4 is 4.90 Å². The summed E-state index contributed by atoms with van der Waals surface area (Å²) in [5.41, 5.74) is 8.63. The average molecular weight is 756 g/mol. The molecule has 59 heavy (non-hydrogen) atoms. The van der Waals surface area contributed by atoms with E-state index in [-0.39, 0.29) is 0 Å². The molecule has 6 nitrogen and oxygen atoms in total. The number of rotatable bonds is 6. The molecule has 0 fully saturated rings. The number of fused-ring (bicyclic) bond motifs is 10. The van der Waals surface area contributed by atoms with Crippen molar-refractivity contribution >= 4 is 82.4 Å². The number of hydrogen-bond donors (Lipinski definition) is 0. The minimum absolute atomic E-state index is 0.536. The molecule has 0 aliphatic carbocycles. The lowest BCUT2D eigenvalue weighted by Crippen LogP contribution is -2.09. The lowest BCUT2D eigenvalue weighted by Gasteiger charge is -2.25. The van der Waals surface area contributed by atoms with Crippen molar-refractivity contribution in [1.82, 2.24) is 19.5 Å². The predicted octanol–water partition coefficient (Wildman–Crippen LogP) is 14.0. The highest BCUT2D eigenvalue weighted by Gasteiger charge is 2.23. The molecule has 0 saturated carbocycles. The molecule has 0 aliphatic rings. The standard InChI is InChI=1S/C53H33N5O/c1-4-17-35(18-5-1)51-54-52(43-33-48-50(41-25-13-12-24-40(41)43)42-26-14-15-27-47(42)59-48)56-53(55-51)58-45-31-29-38(57(36-19-6-2-7-20-36)37-21-8-3-9-22-37)32-44(45)49-39-23-11-10-16-34(39)28-30-46(49)58/h1-33H. The number of furan rings is 1. The van der Waals surface area contributed by atoms with E-state index in [4.69, 9.17) is 19.4 Å². The number of aromatic nitrogens is 4. The van der Waals surface area contributed by atoms with Gasteiger partial charge >= 0.3 is 0 Å². The van der Waals surface area contributed by atoms with Crippen LogP contribution in [0.4, 0.5) is 17.1 Å². The summed E-state index contributed by atoms with van der Waals surface area (Å²) in [4.78, 5) is 18.2. The Labute approximate surface area is 338 Å². The first kappa shape index (κ1) is 33.1. The number of anilines is 3. The molecule has 9 aromatic carbocycles. The molecule has 0 bridgehead atoms. The summed E-state index contributed by atoms with van der Waals surface area (Å²) in [6, 6.07) is 69.7. The van der Waals surface area contributed by atoms with E-state index in [1.807, 2.05) is 30.3 Å². The second-order valence-corrected chi connectivity index (χ2v) is 14.8. The Hall–Kier alpha value is -8.09. The van der Waals surface area contributed by atoms with Crippen molar-refractivity contribution in [3.63, 3.8) is 0 Å². The Morgan fingerprint density at radius 3 is 1.76 bits per heavy atom. The quantitative estimate of drug-likeness (QED) is 0.169. The lowest BCUT2D eigenvalue weighted by atomic mass is 9.98. The van der Waals surface area contributed by atoms with Crippen molar-refractivity contribution < 1.29 is 4.42 Å². The van der Waals surface area contributed by atoms with Crippen molar-refractivity contribution in [2.45, 2.75) is 0 Å². The van der Waals surface area contributed by atoms with Crippen LogP contribution in [0.25, 0.3) is 94.0 Å². The van der Waals surface area contributed by atoms with Crippen LogP contribution in [-0.4, -0.2) is 19.5 Å². The topological polar surface area (TPSA) is 60.0 Å². The van der Waals surface area contributed by atoms with Gasteiger partial charge in [0.05, 0.1) is 11.0 Å². The van der Waals surface area contributed by atoms with Crippen LogP contribution in [0.15, 0.2) is 205 Å². The molecule has 12 rings (SSSR count). The third-order valence-electron chi connectivity index (χ3n) is 11.4. The number of nitrogens with zero attached hydrogens (tertiary/aromatic N) is 5. The fourth-order valence-corrected chi connectivity index (χ4v) is 8.81. The van der Waals surface area contributed by atoms with Crippen LogP contribution in [0.2, 0.25) is 0 Å². The molecule has 0 N–H and O–H groups in total. The van der Waals surface area contributed by atoms with E-state index in [1.54, 1.807) is 0 Å². The molecular weight excluding hydrogens is 723 g/mol. The van der Waals surface area contributed by atoms with Crippen LogP contribution in [0.1, 0.15) is 0 Å². The zero-order valence-corrected chi connectivity index (χ0v) is 31.7. The van der Waals surface area contributed by atoms with E-state index in [1.165, 1.54) is 5.39 Å². The van der Waals surface area contributed by atoms with E-state index < -0.39 is 0 Å². The number of hydrogen-bond acceptors (Lipinski definition) is 5. The zero-order chi connectivity index (χ0) is 38.9. The third-order valence-corrected chi connectivity index (χ3v) is 11.4. The monoisotopic (exact) mass is 755 g/mol. The first-order chi connectivity index (χ1) is 29.3. The fraction of sp³-hybridized carbons (Fsp3) is 0. The van der Waals surface area contributed by atoms with Gasteiger partial charge in [-0.2, -0.15) is 9.97 Å². The average Bonchev–Trinajstić information content (AvgIpc) is 3.86. The Bertz CT molecular complexity index is 3520. The Kier molecular flexibility index (Phi) is 7.43. The SMILES string of the molecule is c1ccc(-c2nc(-c3cc4oc5ccccc5c4c4ccccc34)nc(-n3c4ccc(N(c5ccccc5)c5ccccc5)cc4c4c5ccccc5ccc43)n2)cc1. The molecule has 3 heterocycles. The van der Waals surface area contributed by atoms with E-state index in [9.17, 15) is 0 Å². The second kappa shape index (κ2) is 13.3.